The van der Waals surface area contributed by atoms with E-state index >= 15 is 0 Å². The van der Waals surface area contributed by atoms with Gasteiger partial charge in [-0.05, 0) is 19.1 Å². The molecule has 1 aliphatic heterocycles. The van der Waals surface area contributed by atoms with Gasteiger partial charge in [0.05, 0.1) is 11.1 Å². The van der Waals surface area contributed by atoms with Gasteiger partial charge in [-0.15, -0.1) is 0 Å². The maximum Gasteiger partial charge on any atom is 0.263 e. The van der Waals surface area contributed by atoms with E-state index in [-0.39, 0.29) is 17.2 Å². The van der Waals surface area contributed by atoms with Crippen LogP contribution in [0.25, 0.3) is 0 Å². The molecule has 0 radical (unpaired) electrons. The van der Waals surface area contributed by atoms with E-state index < -0.39 is 22.7 Å². The van der Waals surface area contributed by atoms with E-state index in [0.717, 1.165) is 4.90 Å². The van der Waals surface area contributed by atoms with Crippen LogP contribution >= 0.6 is 0 Å². The molecule has 2 rings (SSSR count). The maximum absolute atomic E-state index is 12.2. The largest absolute Gasteiger partial charge is 0.398 e. The Morgan fingerprint density at radius 3 is 2.56 bits per heavy atom. The summed E-state index contributed by atoms with van der Waals surface area (Å²) in [4.78, 5) is 25.5. The third-order valence-electron chi connectivity index (χ3n) is 2.90. The van der Waals surface area contributed by atoms with E-state index in [1.54, 1.807) is 31.4 Å². The SMILES string of the molecule is CC(CS(C)=O)N1C(=O)c2cccc(N)c2C1=O. The third-order valence-corrected chi connectivity index (χ3v) is 3.85. The molecule has 0 aromatic heterocycles. The van der Waals surface area contributed by atoms with Gasteiger partial charge >= 0.3 is 0 Å². The summed E-state index contributed by atoms with van der Waals surface area (Å²) in [6, 6.07) is 4.42. The van der Waals surface area contributed by atoms with Gasteiger partial charge in [0.2, 0.25) is 0 Å². The molecular weight excluding hydrogens is 252 g/mol. The van der Waals surface area contributed by atoms with E-state index in [2.05, 4.69) is 0 Å². The number of fused-ring (bicyclic) bond motifs is 1. The van der Waals surface area contributed by atoms with Crippen LogP contribution in [-0.4, -0.2) is 39.0 Å². The highest BCUT2D eigenvalue weighted by molar-refractivity contribution is 7.84. The molecule has 1 aromatic rings. The van der Waals surface area contributed by atoms with Gasteiger partial charge in [0.25, 0.3) is 11.8 Å². The molecule has 0 saturated carbocycles. The summed E-state index contributed by atoms with van der Waals surface area (Å²) in [7, 11) is -1.07. The number of nitrogens with two attached hydrogens (primary N) is 1. The molecule has 0 bridgehead atoms. The second kappa shape index (κ2) is 4.53. The monoisotopic (exact) mass is 266 g/mol. The predicted octanol–water partition coefficient (Wildman–Crippen LogP) is 0.632. The molecule has 18 heavy (non-hydrogen) atoms. The number of hydrogen-bond acceptors (Lipinski definition) is 4. The van der Waals surface area contributed by atoms with E-state index in [1.165, 1.54) is 0 Å². The first-order chi connectivity index (χ1) is 8.43. The van der Waals surface area contributed by atoms with Crippen LogP contribution in [0.3, 0.4) is 0 Å². The number of nitrogen functional groups attached to an aromatic ring is 1. The Kier molecular flexibility index (Phi) is 3.21. The number of hydrogen-bond donors (Lipinski definition) is 1. The zero-order valence-corrected chi connectivity index (χ0v) is 11.0. The van der Waals surface area contributed by atoms with Crippen LogP contribution < -0.4 is 5.73 Å². The molecule has 1 aromatic carbocycles. The normalized spacial score (nSPS) is 17.8. The highest BCUT2D eigenvalue weighted by Crippen LogP contribution is 2.28. The van der Waals surface area contributed by atoms with Gasteiger partial charge in [-0.3, -0.25) is 18.7 Å². The van der Waals surface area contributed by atoms with E-state index in [1.807, 2.05) is 0 Å². The smallest absolute Gasteiger partial charge is 0.263 e. The Labute approximate surface area is 107 Å². The molecule has 1 aliphatic rings. The van der Waals surface area contributed by atoms with Crippen molar-refractivity contribution in [3.8, 4) is 0 Å². The zero-order valence-electron chi connectivity index (χ0n) is 10.2. The molecule has 0 aliphatic carbocycles. The van der Waals surface area contributed by atoms with Crippen molar-refractivity contribution in [2.24, 2.45) is 0 Å². The first kappa shape index (κ1) is 12.8. The second-order valence-corrected chi connectivity index (χ2v) is 5.82. The molecule has 6 heteroatoms. The van der Waals surface area contributed by atoms with Crippen LogP contribution in [0.15, 0.2) is 18.2 Å². The first-order valence-corrected chi connectivity index (χ1v) is 7.22. The van der Waals surface area contributed by atoms with E-state index in [0.29, 0.717) is 11.3 Å². The lowest BCUT2D eigenvalue weighted by Crippen LogP contribution is -2.41. The molecule has 0 spiro atoms. The Morgan fingerprint density at radius 2 is 2.00 bits per heavy atom. The highest BCUT2D eigenvalue weighted by Gasteiger charge is 2.39. The second-order valence-electron chi connectivity index (χ2n) is 4.34. The van der Waals surface area contributed by atoms with Crippen LogP contribution in [0, 0.1) is 0 Å². The number of imide groups is 1. The Bertz CT molecular complexity index is 556. The van der Waals surface area contributed by atoms with Crippen LogP contribution in [0.4, 0.5) is 5.69 Å². The molecule has 0 fully saturated rings. The summed E-state index contributed by atoms with van der Waals surface area (Å²) in [5.41, 5.74) is 6.62. The molecule has 2 N–H and O–H groups in total. The molecule has 1 heterocycles. The molecular formula is C12H14N2O3S. The summed E-state index contributed by atoms with van der Waals surface area (Å²) < 4.78 is 11.2. The number of amides is 2. The lowest BCUT2D eigenvalue weighted by Gasteiger charge is -2.21. The minimum absolute atomic E-state index is 0.260. The van der Waals surface area contributed by atoms with Crippen molar-refractivity contribution in [3.63, 3.8) is 0 Å². The fraction of sp³-hybridized carbons (Fsp3) is 0.333. The minimum atomic E-state index is -1.07. The van der Waals surface area contributed by atoms with Crippen molar-refractivity contribution < 1.29 is 13.8 Å². The lowest BCUT2D eigenvalue weighted by molar-refractivity contribution is 0.0612. The van der Waals surface area contributed by atoms with Crippen molar-refractivity contribution >= 4 is 28.3 Å². The topological polar surface area (TPSA) is 80.5 Å². The average molecular weight is 266 g/mol. The Balaban J connectivity index is 2.40. The van der Waals surface area contributed by atoms with Gasteiger partial charge in [-0.1, -0.05) is 6.07 Å². The van der Waals surface area contributed by atoms with Gasteiger partial charge < -0.3 is 5.73 Å². The van der Waals surface area contributed by atoms with E-state index in [9.17, 15) is 13.8 Å². The number of carbonyl (C=O) groups is 2. The van der Waals surface area contributed by atoms with Crippen LogP contribution in [0.5, 0.6) is 0 Å². The quantitative estimate of drug-likeness (QED) is 0.643. The lowest BCUT2D eigenvalue weighted by atomic mass is 10.1. The number of anilines is 1. The number of carbonyl (C=O) groups excluding carboxylic acids is 2. The van der Waals surface area contributed by atoms with Crippen LogP contribution in [-0.2, 0) is 10.8 Å². The minimum Gasteiger partial charge on any atom is -0.398 e. The molecule has 96 valence electrons. The van der Waals surface area contributed by atoms with Crippen LogP contribution in [0.1, 0.15) is 27.6 Å². The number of nitrogens with zero attached hydrogens (tertiary/aromatic N) is 1. The van der Waals surface area contributed by atoms with Gasteiger partial charge in [-0.25, -0.2) is 0 Å². The van der Waals surface area contributed by atoms with Gasteiger partial charge in [-0.2, -0.15) is 0 Å². The van der Waals surface area contributed by atoms with Gasteiger partial charge in [0.1, 0.15) is 0 Å². The third kappa shape index (κ3) is 1.92. The van der Waals surface area contributed by atoms with Crippen molar-refractivity contribution in [2.45, 2.75) is 13.0 Å². The summed E-state index contributed by atoms with van der Waals surface area (Å²) in [6.07, 6.45) is 1.54. The van der Waals surface area contributed by atoms with Crippen LogP contribution in [0.2, 0.25) is 0 Å². The number of rotatable bonds is 3. The van der Waals surface area contributed by atoms with Gasteiger partial charge in [0.15, 0.2) is 0 Å². The summed E-state index contributed by atoms with van der Waals surface area (Å²) in [6.45, 7) is 1.71. The summed E-state index contributed by atoms with van der Waals surface area (Å²) >= 11 is 0. The van der Waals surface area contributed by atoms with Crippen molar-refractivity contribution in [3.05, 3.63) is 29.3 Å². The summed E-state index contributed by atoms with van der Waals surface area (Å²) in [5.74, 6) is -0.489. The number of benzene rings is 1. The fourth-order valence-electron chi connectivity index (χ4n) is 2.14. The Morgan fingerprint density at radius 1 is 1.33 bits per heavy atom. The van der Waals surface area contributed by atoms with Crippen molar-refractivity contribution in [2.75, 3.05) is 17.7 Å². The maximum atomic E-state index is 12.2. The van der Waals surface area contributed by atoms with Gasteiger partial charge in [0, 0.05) is 34.5 Å². The molecule has 2 unspecified atom stereocenters. The van der Waals surface area contributed by atoms with Crippen molar-refractivity contribution in [1.29, 1.82) is 0 Å². The van der Waals surface area contributed by atoms with Crippen molar-refractivity contribution in [1.82, 2.24) is 4.90 Å². The zero-order chi connectivity index (χ0) is 13.4. The fourth-order valence-corrected chi connectivity index (χ4v) is 2.97. The summed E-state index contributed by atoms with van der Waals surface area (Å²) in [5, 5.41) is 0. The van der Waals surface area contributed by atoms with E-state index in [4.69, 9.17) is 5.73 Å². The Hall–Kier alpha value is -1.69. The standard InChI is InChI=1S/C12H14N2O3S/c1-7(6-18(2)17)14-11(15)8-4-3-5-9(13)10(8)12(14)16/h3-5,7H,6,13H2,1-2H3. The molecule has 2 amide bonds. The predicted molar refractivity (Wildman–Crippen MR) is 69.7 cm³/mol. The molecule has 5 nitrogen and oxygen atoms in total. The average Bonchev–Trinajstić information content (AvgIpc) is 2.51. The molecule has 0 saturated heterocycles. The molecule has 2 atom stereocenters. The first-order valence-electron chi connectivity index (χ1n) is 5.50. The highest BCUT2D eigenvalue weighted by atomic mass is 32.2.